The molecule has 5 nitrogen and oxygen atoms in total. The molecular formula is C11H17N3O2. The summed E-state index contributed by atoms with van der Waals surface area (Å²) in [5.74, 6) is -0.117. The van der Waals surface area contributed by atoms with Crippen LogP contribution in [0.2, 0.25) is 0 Å². The van der Waals surface area contributed by atoms with Crippen molar-refractivity contribution in [2.75, 3.05) is 32.6 Å². The molecule has 0 aliphatic carbocycles. The number of amides is 1. The summed E-state index contributed by atoms with van der Waals surface area (Å²) in [6.45, 7) is 1.25. The molecule has 0 fully saturated rings. The SMILES string of the molecule is CNc1ccncc1C(=O)NCCCOC. The summed E-state index contributed by atoms with van der Waals surface area (Å²) in [5, 5.41) is 5.76. The molecule has 0 aliphatic heterocycles. The number of rotatable bonds is 6. The Kier molecular flexibility index (Phi) is 5.28. The van der Waals surface area contributed by atoms with E-state index >= 15 is 0 Å². The van der Waals surface area contributed by atoms with Crippen molar-refractivity contribution in [3.05, 3.63) is 24.0 Å². The second-order valence-electron chi connectivity index (χ2n) is 3.27. The normalized spacial score (nSPS) is 9.88. The highest BCUT2D eigenvalue weighted by Gasteiger charge is 2.09. The Bertz CT molecular complexity index is 342. The Labute approximate surface area is 95.2 Å². The zero-order chi connectivity index (χ0) is 11.8. The third-order valence-electron chi connectivity index (χ3n) is 2.15. The van der Waals surface area contributed by atoms with E-state index in [9.17, 15) is 4.79 Å². The first-order valence-corrected chi connectivity index (χ1v) is 5.18. The second kappa shape index (κ2) is 6.79. The molecule has 88 valence electrons. The Morgan fingerprint density at radius 1 is 1.56 bits per heavy atom. The first-order valence-electron chi connectivity index (χ1n) is 5.18. The number of nitrogens with zero attached hydrogens (tertiary/aromatic N) is 1. The van der Waals surface area contributed by atoms with E-state index < -0.39 is 0 Å². The van der Waals surface area contributed by atoms with E-state index in [0.29, 0.717) is 18.7 Å². The van der Waals surface area contributed by atoms with Crippen LogP contribution in [0.5, 0.6) is 0 Å². The van der Waals surface area contributed by atoms with Crippen molar-refractivity contribution >= 4 is 11.6 Å². The van der Waals surface area contributed by atoms with Crippen LogP contribution in [0.25, 0.3) is 0 Å². The highest BCUT2D eigenvalue weighted by Crippen LogP contribution is 2.11. The zero-order valence-electron chi connectivity index (χ0n) is 9.62. The van der Waals surface area contributed by atoms with Gasteiger partial charge in [0.1, 0.15) is 0 Å². The van der Waals surface area contributed by atoms with E-state index in [4.69, 9.17) is 4.74 Å². The lowest BCUT2D eigenvalue weighted by molar-refractivity contribution is 0.0949. The predicted octanol–water partition coefficient (Wildman–Crippen LogP) is 0.890. The summed E-state index contributed by atoms with van der Waals surface area (Å²) in [5.41, 5.74) is 1.33. The van der Waals surface area contributed by atoms with Crippen LogP contribution in [-0.2, 0) is 4.74 Å². The number of hydrogen-bond donors (Lipinski definition) is 2. The molecule has 1 rings (SSSR count). The van der Waals surface area contributed by atoms with Crippen LogP contribution >= 0.6 is 0 Å². The Hall–Kier alpha value is -1.62. The van der Waals surface area contributed by atoms with Crippen molar-refractivity contribution in [1.29, 1.82) is 0 Å². The molecule has 16 heavy (non-hydrogen) atoms. The minimum absolute atomic E-state index is 0.117. The molecule has 1 aromatic rings. The van der Waals surface area contributed by atoms with E-state index in [-0.39, 0.29) is 5.91 Å². The molecule has 0 unspecified atom stereocenters. The van der Waals surface area contributed by atoms with Gasteiger partial charge in [0.25, 0.3) is 5.91 Å². The molecule has 0 aromatic carbocycles. The van der Waals surface area contributed by atoms with Gasteiger partial charge in [-0.2, -0.15) is 0 Å². The Balaban J connectivity index is 2.52. The molecule has 2 N–H and O–H groups in total. The van der Waals surface area contributed by atoms with Crippen LogP contribution in [0, 0.1) is 0 Å². The third kappa shape index (κ3) is 3.51. The zero-order valence-corrected chi connectivity index (χ0v) is 9.62. The largest absolute Gasteiger partial charge is 0.387 e. The summed E-state index contributed by atoms with van der Waals surface area (Å²) in [7, 11) is 3.42. The van der Waals surface area contributed by atoms with Gasteiger partial charge in [-0.05, 0) is 12.5 Å². The molecule has 0 atom stereocenters. The van der Waals surface area contributed by atoms with Gasteiger partial charge in [0.15, 0.2) is 0 Å². The average Bonchev–Trinajstić information content (AvgIpc) is 2.34. The van der Waals surface area contributed by atoms with Crippen molar-refractivity contribution in [2.45, 2.75) is 6.42 Å². The lowest BCUT2D eigenvalue weighted by atomic mass is 10.2. The van der Waals surface area contributed by atoms with Crippen molar-refractivity contribution < 1.29 is 9.53 Å². The smallest absolute Gasteiger partial charge is 0.254 e. The number of ether oxygens (including phenoxy) is 1. The predicted molar refractivity (Wildman–Crippen MR) is 62.6 cm³/mol. The van der Waals surface area contributed by atoms with E-state index in [1.165, 1.54) is 0 Å². The van der Waals surface area contributed by atoms with Crippen LogP contribution in [0.3, 0.4) is 0 Å². The maximum atomic E-state index is 11.8. The van der Waals surface area contributed by atoms with E-state index in [1.54, 1.807) is 32.6 Å². The van der Waals surface area contributed by atoms with Crippen LogP contribution < -0.4 is 10.6 Å². The number of carbonyl (C=O) groups excluding carboxylic acids is 1. The molecule has 5 heteroatoms. The highest BCUT2D eigenvalue weighted by molar-refractivity contribution is 5.99. The standard InChI is InChI=1S/C11H17N3O2/c1-12-10-4-6-13-8-9(10)11(15)14-5-3-7-16-2/h4,6,8H,3,5,7H2,1-2H3,(H,12,13)(H,14,15). The van der Waals surface area contributed by atoms with E-state index in [0.717, 1.165) is 12.1 Å². The van der Waals surface area contributed by atoms with Crippen molar-refractivity contribution in [2.24, 2.45) is 0 Å². The van der Waals surface area contributed by atoms with Gasteiger partial charge in [-0.3, -0.25) is 9.78 Å². The number of methoxy groups -OCH3 is 1. The van der Waals surface area contributed by atoms with E-state index in [1.807, 2.05) is 0 Å². The fourth-order valence-corrected chi connectivity index (χ4v) is 1.31. The molecular weight excluding hydrogens is 206 g/mol. The average molecular weight is 223 g/mol. The summed E-state index contributed by atoms with van der Waals surface area (Å²) in [6, 6.07) is 1.77. The van der Waals surface area contributed by atoms with Gasteiger partial charge >= 0.3 is 0 Å². The number of aromatic nitrogens is 1. The summed E-state index contributed by atoms with van der Waals surface area (Å²) >= 11 is 0. The number of anilines is 1. The van der Waals surface area contributed by atoms with Crippen LogP contribution in [0.4, 0.5) is 5.69 Å². The van der Waals surface area contributed by atoms with Gasteiger partial charge in [-0.15, -0.1) is 0 Å². The van der Waals surface area contributed by atoms with Gasteiger partial charge in [0, 0.05) is 45.4 Å². The lowest BCUT2D eigenvalue weighted by Crippen LogP contribution is -2.26. The van der Waals surface area contributed by atoms with Gasteiger partial charge in [0.2, 0.25) is 0 Å². The van der Waals surface area contributed by atoms with Crippen LogP contribution in [0.15, 0.2) is 18.5 Å². The quantitative estimate of drug-likeness (QED) is 0.703. The van der Waals surface area contributed by atoms with Crippen molar-refractivity contribution in [3.8, 4) is 0 Å². The van der Waals surface area contributed by atoms with Crippen LogP contribution in [0.1, 0.15) is 16.8 Å². The molecule has 0 spiro atoms. The minimum atomic E-state index is -0.117. The molecule has 1 heterocycles. The number of pyridine rings is 1. The highest BCUT2D eigenvalue weighted by atomic mass is 16.5. The molecule has 0 aliphatic rings. The summed E-state index contributed by atoms with van der Waals surface area (Å²) in [4.78, 5) is 15.7. The molecule has 0 radical (unpaired) electrons. The number of nitrogens with one attached hydrogen (secondary N) is 2. The Morgan fingerprint density at radius 2 is 2.38 bits per heavy atom. The fraction of sp³-hybridized carbons (Fsp3) is 0.455. The molecule has 0 saturated heterocycles. The first kappa shape index (κ1) is 12.4. The molecule has 0 saturated carbocycles. The van der Waals surface area contributed by atoms with Crippen LogP contribution in [-0.4, -0.2) is 38.2 Å². The number of carbonyl (C=O) groups is 1. The topological polar surface area (TPSA) is 63.2 Å². The maximum absolute atomic E-state index is 11.8. The summed E-state index contributed by atoms with van der Waals surface area (Å²) < 4.78 is 4.90. The van der Waals surface area contributed by atoms with Crippen molar-refractivity contribution in [3.63, 3.8) is 0 Å². The lowest BCUT2D eigenvalue weighted by Gasteiger charge is -2.08. The maximum Gasteiger partial charge on any atom is 0.254 e. The molecule has 1 aromatic heterocycles. The minimum Gasteiger partial charge on any atom is -0.387 e. The molecule has 0 bridgehead atoms. The van der Waals surface area contributed by atoms with Gasteiger partial charge < -0.3 is 15.4 Å². The summed E-state index contributed by atoms with van der Waals surface area (Å²) in [6.07, 6.45) is 4.00. The third-order valence-corrected chi connectivity index (χ3v) is 2.15. The van der Waals surface area contributed by atoms with Crippen molar-refractivity contribution in [1.82, 2.24) is 10.3 Å². The fourth-order valence-electron chi connectivity index (χ4n) is 1.31. The Morgan fingerprint density at radius 3 is 3.06 bits per heavy atom. The van der Waals surface area contributed by atoms with Gasteiger partial charge in [-0.25, -0.2) is 0 Å². The first-order chi connectivity index (χ1) is 7.79. The number of hydrogen-bond acceptors (Lipinski definition) is 4. The monoisotopic (exact) mass is 223 g/mol. The second-order valence-corrected chi connectivity index (χ2v) is 3.27. The van der Waals surface area contributed by atoms with E-state index in [2.05, 4.69) is 15.6 Å². The van der Waals surface area contributed by atoms with Gasteiger partial charge in [0.05, 0.1) is 5.56 Å². The molecule has 1 amide bonds. The van der Waals surface area contributed by atoms with Gasteiger partial charge in [-0.1, -0.05) is 0 Å².